The van der Waals surface area contributed by atoms with Gasteiger partial charge in [-0.2, -0.15) is 0 Å². The number of hydrogen-bond acceptors (Lipinski definition) is 4. The van der Waals surface area contributed by atoms with Crippen molar-refractivity contribution in [2.24, 2.45) is 5.92 Å². The number of hydrazine groups is 1. The Hall–Kier alpha value is -2.31. The fourth-order valence-corrected chi connectivity index (χ4v) is 2.14. The summed E-state index contributed by atoms with van der Waals surface area (Å²) in [5.41, 5.74) is 0. The molecule has 0 spiro atoms. The van der Waals surface area contributed by atoms with Gasteiger partial charge in [-0.15, -0.1) is 0 Å². The molecular formula is C14H19N3O4. The number of carbonyl (C=O) groups is 3. The largest absolute Gasteiger partial charge is 0.459 e. The van der Waals surface area contributed by atoms with Crippen molar-refractivity contribution >= 4 is 17.7 Å². The highest BCUT2D eigenvalue weighted by Gasteiger charge is 2.31. The summed E-state index contributed by atoms with van der Waals surface area (Å²) in [4.78, 5) is 35.9. The van der Waals surface area contributed by atoms with E-state index in [9.17, 15) is 14.4 Å². The zero-order valence-electron chi connectivity index (χ0n) is 12.2. The molecule has 0 radical (unpaired) electrons. The van der Waals surface area contributed by atoms with Gasteiger partial charge in [0.1, 0.15) is 0 Å². The van der Waals surface area contributed by atoms with Gasteiger partial charge in [0.05, 0.1) is 12.8 Å². The molecule has 0 aromatic carbocycles. The molecular weight excluding hydrogens is 274 g/mol. The van der Waals surface area contributed by atoms with Crippen LogP contribution in [0.4, 0.5) is 0 Å². The summed E-state index contributed by atoms with van der Waals surface area (Å²) in [6.07, 6.45) is 2.14. The Balaban J connectivity index is 1.90. The van der Waals surface area contributed by atoms with Gasteiger partial charge in [0.25, 0.3) is 11.8 Å². The second kappa shape index (κ2) is 6.43. The van der Waals surface area contributed by atoms with Crippen LogP contribution in [0, 0.1) is 5.92 Å². The molecule has 1 saturated heterocycles. The molecule has 1 aliphatic rings. The summed E-state index contributed by atoms with van der Waals surface area (Å²) < 4.78 is 4.94. The second-order valence-corrected chi connectivity index (χ2v) is 5.15. The van der Waals surface area contributed by atoms with Crippen LogP contribution in [0.25, 0.3) is 0 Å². The zero-order chi connectivity index (χ0) is 15.4. The van der Waals surface area contributed by atoms with E-state index >= 15 is 0 Å². The number of furan rings is 1. The number of amides is 3. The number of rotatable bonds is 4. The first-order chi connectivity index (χ1) is 10.0. The molecule has 3 amide bonds. The molecule has 0 bridgehead atoms. The predicted octanol–water partition coefficient (Wildman–Crippen LogP) is 0.641. The molecule has 1 fully saturated rings. The molecule has 2 heterocycles. The SMILES string of the molecule is CC(C)C(=O)N1CCCN1C(=O)CNC(=O)c1ccco1. The van der Waals surface area contributed by atoms with Gasteiger partial charge >= 0.3 is 0 Å². The molecule has 1 N–H and O–H groups in total. The third kappa shape index (κ3) is 3.42. The third-order valence-corrected chi connectivity index (χ3v) is 3.21. The van der Waals surface area contributed by atoms with Gasteiger partial charge in [-0.25, -0.2) is 5.01 Å². The van der Waals surface area contributed by atoms with Crippen LogP contribution in [0.1, 0.15) is 30.8 Å². The van der Waals surface area contributed by atoms with E-state index in [1.54, 1.807) is 19.9 Å². The van der Waals surface area contributed by atoms with Crippen molar-refractivity contribution in [3.8, 4) is 0 Å². The van der Waals surface area contributed by atoms with Gasteiger partial charge in [0, 0.05) is 19.0 Å². The lowest BCUT2D eigenvalue weighted by Crippen LogP contribution is -2.49. The van der Waals surface area contributed by atoms with E-state index in [0.29, 0.717) is 13.1 Å². The van der Waals surface area contributed by atoms with Crippen molar-refractivity contribution < 1.29 is 18.8 Å². The number of nitrogens with one attached hydrogen (secondary N) is 1. The van der Waals surface area contributed by atoms with Crippen LogP contribution >= 0.6 is 0 Å². The van der Waals surface area contributed by atoms with Gasteiger partial charge < -0.3 is 9.73 Å². The molecule has 1 aliphatic heterocycles. The first-order valence-corrected chi connectivity index (χ1v) is 6.94. The maximum atomic E-state index is 12.1. The van der Waals surface area contributed by atoms with Gasteiger partial charge in [-0.05, 0) is 18.6 Å². The van der Waals surface area contributed by atoms with Crippen LogP contribution in [0.5, 0.6) is 0 Å². The summed E-state index contributed by atoms with van der Waals surface area (Å²) >= 11 is 0. The second-order valence-electron chi connectivity index (χ2n) is 5.15. The fourth-order valence-electron chi connectivity index (χ4n) is 2.14. The number of hydrogen-bond donors (Lipinski definition) is 1. The highest BCUT2D eigenvalue weighted by Crippen LogP contribution is 2.14. The first kappa shape index (κ1) is 15.1. The van der Waals surface area contributed by atoms with E-state index in [0.717, 1.165) is 6.42 Å². The van der Waals surface area contributed by atoms with E-state index in [1.807, 2.05) is 0 Å². The monoisotopic (exact) mass is 293 g/mol. The average molecular weight is 293 g/mol. The molecule has 1 aromatic rings. The molecule has 0 atom stereocenters. The van der Waals surface area contributed by atoms with Gasteiger partial charge in [0.15, 0.2) is 5.76 Å². The van der Waals surface area contributed by atoms with Crippen LogP contribution in [0.15, 0.2) is 22.8 Å². The Morgan fingerprint density at radius 3 is 2.62 bits per heavy atom. The van der Waals surface area contributed by atoms with Gasteiger partial charge in [-0.3, -0.25) is 19.4 Å². The summed E-state index contributed by atoms with van der Waals surface area (Å²) in [6, 6.07) is 3.12. The Morgan fingerprint density at radius 2 is 2.00 bits per heavy atom. The summed E-state index contributed by atoms with van der Waals surface area (Å²) in [5.74, 6) is -0.857. The minimum absolute atomic E-state index is 0.0850. The van der Waals surface area contributed by atoms with E-state index in [2.05, 4.69) is 5.32 Å². The van der Waals surface area contributed by atoms with E-state index < -0.39 is 5.91 Å². The zero-order valence-corrected chi connectivity index (χ0v) is 12.2. The summed E-state index contributed by atoms with van der Waals surface area (Å²) in [7, 11) is 0. The smallest absolute Gasteiger partial charge is 0.287 e. The first-order valence-electron chi connectivity index (χ1n) is 6.94. The Morgan fingerprint density at radius 1 is 1.29 bits per heavy atom. The number of carbonyl (C=O) groups excluding carboxylic acids is 3. The van der Waals surface area contributed by atoms with Crippen LogP contribution in [-0.4, -0.2) is 47.4 Å². The molecule has 114 valence electrons. The van der Waals surface area contributed by atoms with Crippen molar-refractivity contribution in [1.29, 1.82) is 0 Å². The minimum atomic E-state index is -0.450. The fraction of sp³-hybridized carbons (Fsp3) is 0.500. The molecule has 21 heavy (non-hydrogen) atoms. The van der Waals surface area contributed by atoms with Crippen molar-refractivity contribution in [1.82, 2.24) is 15.3 Å². The number of nitrogens with zero attached hydrogens (tertiary/aromatic N) is 2. The Bertz CT molecular complexity index is 524. The van der Waals surface area contributed by atoms with Crippen LogP contribution in [0.3, 0.4) is 0 Å². The van der Waals surface area contributed by atoms with Crippen molar-refractivity contribution in [3.63, 3.8) is 0 Å². The molecule has 7 nitrogen and oxygen atoms in total. The van der Waals surface area contributed by atoms with E-state index in [1.165, 1.54) is 22.3 Å². The van der Waals surface area contributed by atoms with Crippen molar-refractivity contribution in [2.75, 3.05) is 19.6 Å². The molecule has 1 aromatic heterocycles. The lowest BCUT2D eigenvalue weighted by Gasteiger charge is -2.29. The predicted molar refractivity (Wildman–Crippen MR) is 73.9 cm³/mol. The highest BCUT2D eigenvalue weighted by atomic mass is 16.3. The van der Waals surface area contributed by atoms with E-state index in [-0.39, 0.29) is 30.0 Å². The topological polar surface area (TPSA) is 82.9 Å². The Kier molecular flexibility index (Phi) is 4.62. The van der Waals surface area contributed by atoms with Gasteiger partial charge in [-0.1, -0.05) is 13.8 Å². The molecule has 7 heteroatoms. The average Bonchev–Trinajstić information content (AvgIpc) is 3.13. The van der Waals surface area contributed by atoms with Crippen LogP contribution in [0.2, 0.25) is 0 Å². The lowest BCUT2D eigenvalue weighted by atomic mass is 10.2. The lowest BCUT2D eigenvalue weighted by molar-refractivity contribution is -0.159. The van der Waals surface area contributed by atoms with Crippen LogP contribution in [-0.2, 0) is 9.59 Å². The van der Waals surface area contributed by atoms with Gasteiger partial charge in [0.2, 0.25) is 5.91 Å². The summed E-state index contributed by atoms with van der Waals surface area (Å²) in [5, 5.41) is 5.36. The highest BCUT2D eigenvalue weighted by molar-refractivity contribution is 5.94. The molecule has 0 aliphatic carbocycles. The maximum Gasteiger partial charge on any atom is 0.287 e. The normalized spacial score (nSPS) is 14.6. The van der Waals surface area contributed by atoms with Crippen molar-refractivity contribution in [2.45, 2.75) is 20.3 Å². The molecule has 0 saturated carbocycles. The standard InChI is InChI=1S/C14H19N3O4/c1-10(2)14(20)17-7-4-6-16(17)12(18)9-15-13(19)11-5-3-8-21-11/h3,5,8,10H,4,6-7,9H2,1-2H3,(H,15,19). The van der Waals surface area contributed by atoms with E-state index in [4.69, 9.17) is 4.42 Å². The minimum Gasteiger partial charge on any atom is -0.459 e. The third-order valence-electron chi connectivity index (χ3n) is 3.21. The molecule has 0 unspecified atom stereocenters. The van der Waals surface area contributed by atoms with Crippen molar-refractivity contribution in [3.05, 3.63) is 24.2 Å². The summed E-state index contributed by atoms with van der Waals surface area (Å²) in [6.45, 7) is 4.45. The quantitative estimate of drug-likeness (QED) is 0.883. The Labute approximate surface area is 122 Å². The maximum absolute atomic E-state index is 12.1. The molecule has 2 rings (SSSR count). The van der Waals surface area contributed by atoms with Crippen LogP contribution < -0.4 is 5.32 Å².